The molecular weight excluding hydrogens is 514 g/mol. The number of hydrogen-bond donors (Lipinski definition) is 4. The molecule has 0 aliphatic carbocycles. The summed E-state index contributed by atoms with van der Waals surface area (Å²) in [4.78, 5) is 36.2. The van der Waals surface area contributed by atoms with Gasteiger partial charge in [0.1, 0.15) is 11.9 Å². The van der Waals surface area contributed by atoms with Crippen LogP contribution in [0.2, 0.25) is 0 Å². The van der Waals surface area contributed by atoms with Gasteiger partial charge in [-0.25, -0.2) is 17.6 Å². The second-order valence-electron chi connectivity index (χ2n) is 7.71. The Labute approximate surface area is 201 Å². The average molecular weight is 533 g/mol. The molecule has 1 saturated heterocycles. The van der Waals surface area contributed by atoms with Gasteiger partial charge in [-0.15, -0.1) is 0 Å². The highest BCUT2D eigenvalue weighted by molar-refractivity contribution is 7.92. The monoisotopic (exact) mass is 533 g/mol. The van der Waals surface area contributed by atoms with Crippen molar-refractivity contribution < 1.29 is 50.2 Å². The van der Waals surface area contributed by atoms with E-state index in [0.717, 1.165) is 31.4 Å². The van der Waals surface area contributed by atoms with Gasteiger partial charge in [-0.05, 0) is 55.4 Å². The lowest BCUT2D eigenvalue weighted by atomic mass is 9.89. The number of esters is 1. The summed E-state index contributed by atoms with van der Waals surface area (Å²) in [7, 11) is -3.57. The molecule has 10 nitrogen and oxygen atoms in total. The van der Waals surface area contributed by atoms with Crippen LogP contribution >= 0.6 is 0 Å². The zero-order valence-corrected chi connectivity index (χ0v) is 19.2. The summed E-state index contributed by atoms with van der Waals surface area (Å²) >= 11 is 0. The SMILES string of the molecule is COC(=O)C1(NC(=O)c2ccc(S(=O)(=O)Nc3ccc(F)cc3C(F)(F)F)cc2)CCN[C@@H]1C(=O)O. The van der Waals surface area contributed by atoms with E-state index < -0.39 is 67.6 Å². The molecule has 1 unspecified atom stereocenters. The maximum atomic E-state index is 13.3. The van der Waals surface area contributed by atoms with Crippen molar-refractivity contribution in [3.8, 4) is 0 Å². The second-order valence-corrected chi connectivity index (χ2v) is 9.39. The molecule has 2 aromatic rings. The van der Waals surface area contributed by atoms with Crippen LogP contribution in [0.25, 0.3) is 0 Å². The van der Waals surface area contributed by atoms with Crippen LogP contribution in [0.5, 0.6) is 0 Å². The number of carbonyl (C=O) groups is 3. The molecule has 0 bridgehead atoms. The van der Waals surface area contributed by atoms with Gasteiger partial charge in [0.05, 0.1) is 23.3 Å². The fourth-order valence-electron chi connectivity index (χ4n) is 3.72. The van der Waals surface area contributed by atoms with Crippen molar-refractivity contribution in [3.05, 3.63) is 59.4 Å². The lowest BCUT2D eigenvalue weighted by molar-refractivity contribution is -0.154. The van der Waals surface area contributed by atoms with E-state index in [9.17, 15) is 45.5 Å². The van der Waals surface area contributed by atoms with Crippen molar-refractivity contribution in [1.82, 2.24) is 10.6 Å². The maximum Gasteiger partial charge on any atom is 0.418 e. The van der Waals surface area contributed by atoms with Crippen LogP contribution in [0.4, 0.5) is 23.2 Å². The molecule has 194 valence electrons. The third-order valence-electron chi connectivity index (χ3n) is 5.45. The standard InChI is InChI=1S/C21H19F4N3O7S/c1-35-19(32)20(8-9-26-16(20)18(30)31)27-17(29)11-2-5-13(6-3-11)36(33,34)28-15-7-4-12(22)10-14(15)21(23,24)25/h2-7,10,16,26,28H,8-9H2,1H3,(H,27,29)(H,30,31)/t16-,20?/m1/s1. The van der Waals surface area contributed by atoms with E-state index in [-0.39, 0.29) is 24.6 Å². The summed E-state index contributed by atoms with van der Waals surface area (Å²) in [6.45, 7) is 0.0818. The number of ether oxygens (including phenoxy) is 1. The largest absolute Gasteiger partial charge is 0.480 e. The zero-order valence-electron chi connectivity index (χ0n) is 18.3. The van der Waals surface area contributed by atoms with Crippen molar-refractivity contribution in [3.63, 3.8) is 0 Å². The summed E-state index contributed by atoms with van der Waals surface area (Å²) in [5.74, 6) is -4.56. The number of anilines is 1. The molecule has 1 amide bonds. The number of amides is 1. The van der Waals surface area contributed by atoms with Gasteiger partial charge < -0.3 is 20.5 Å². The number of carboxylic acids is 1. The van der Waals surface area contributed by atoms with E-state index in [2.05, 4.69) is 15.4 Å². The molecule has 1 heterocycles. The summed E-state index contributed by atoms with van der Waals surface area (Å²) in [5, 5.41) is 14.3. The van der Waals surface area contributed by atoms with Gasteiger partial charge in [0.25, 0.3) is 15.9 Å². The molecule has 1 fully saturated rings. The van der Waals surface area contributed by atoms with Gasteiger partial charge in [0.2, 0.25) is 0 Å². The van der Waals surface area contributed by atoms with Crippen LogP contribution in [0.15, 0.2) is 47.4 Å². The number of rotatable bonds is 7. The van der Waals surface area contributed by atoms with Crippen molar-refractivity contribution in [1.29, 1.82) is 0 Å². The number of nitrogens with one attached hydrogen (secondary N) is 3. The number of carboxylic acid groups (broad SMARTS) is 1. The number of halogens is 4. The van der Waals surface area contributed by atoms with E-state index in [0.29, 0.717) is 12.1 Å². The molecule has 15 heteroatoms. The molecule has 2 atom stereocenters. The van der Waals surface area contributed by atoms with E-state index in [4.69, 9.17) is 0 Å². The average Bonchev–Trinajstić information content (AvgIpc) is 3.24. The van der Waals surface area contributed by atoms with Gasteiger partial charge in [-0.3, -0.25) is 14.3 Å². The first-order valence-corrected chi connectivity index (χ1v) is 11.6. The number of benzene rings is 2. The molecule has 3 rings (SSSR count). The highest BCUT2D eigenvalue weighted by Crippen LogP contribution is 2.36. The minimum atomic E-state index is -5.04. The molecule has 4 N–H and O–H groups in total. The predicted octanol–water partition coefficient (Wildman–Crippen LogP) is 1.73. The summed E-state index contributed by atoms with van der Waals surface area (Å²) in [6.07, 6.45) is -5.14. The fraction of sp³-hybridized carbons (Fsp3) is 0.286. The van der Waals surface area contributed by atoms with Gasteiger partial charge in [-0.1, -0.05) is 0 Å². The number of aliphatic carboxylic acids is 1. The van der Waals surface area contributed by atoms with Crippen molar-refractivity contribution in [2.24, 2.45) is 0 Å². The third-order valence-corrected chi connectivity index (χ3v) is 6.83. The molecule has 0 saturated carbocycles. The van der Waals surface area contributed by atoms with Crippen molar-refractivity contribution in [2.45, 2.75) is 29.1 Å². The summed E-state index contributed by atoms with van der Waals surface area (Å²) in [5.41, 5.74) is -4.54. The van der Waals surface area contributed by atoms with E-state index in [1.165, 1.54) is 0 Å². The lowest BCUT2D eigenvalue weighted by Gasteiger charge is -2.30. The van der Waals surface area contributed by atoms with Crippen LogP contribution in [-0.4, -0.2) is 56.6 Å². The van der Waals surface area contributed by atoms with Gasteiger partial charge in [0.15, 0.2) is 5.54 Å². The van der Waals surface area contributed by atoms with Crippen LogP contribution < -0.4 is 15.4 Å². The Morgan fingerprint density at radius 3 is 2.33 bits per heavy atom. The number of alkyl halides is 3. The fourth-order valence-corrected chi connectivity index (χ4v) is 4.80. The molecule has 1 aliphatic heterocycles. The van der Waals surface area contributed by atoms with Gasteiger partial charge >= 0.3 is 18.1 Å². The normalized spacial score (nSPS) is 20.0. The predicted molar refractivity (Wildman–Crippen MR) is 115 cm³/mol. The molecule has 0 spiro atoms. The van der Waals surface area contributed by atoms with Crippen molar-refractivity contribution >= 4 is 33.6 Å². The molecule has 2 aromatic carbocycles. The highest BCUT2D eigenvalue weighted by Gasteiger charge is 2.55. The Balaban J connectivity index is 1.85. The Bertz CT molecular complexity index is 1300. The smallest absolute Gasteiger partial charge is 0.418 e. The highest BCUT2D eigenvalue weighted by atomic mass is 32.2. The van der Waals surface area contributed by atoms with E-state index >= 15 is 0 Å². The molecular formula is C21H19F4N3O7S. The van der Waals surface area contributed by atoms with Crippen LogP contribution in [-0.2, 0) is 30.5 Å². The zero-order chi connectivity index (χ0) is 26.9. The minimum absolute atomic E-state index is 0.0818. The number of hydrogen-bond acceptors (Lipinski definition) is 7. The molecule has 1 aliphatic rings. The first-order valence-electron chi connectivity index (χ1n) is 10.1. The van der Waals surface area contributed by atoms with Crippen LogP contribution in [0, 0.1) is 5.82 Å². The number of carbonyl (C=O) groups excluding carboxylic acids is 2. The van der Waals surface area contributed by atoms with Crippen LogP contribution in [0.3, 0.4) is 0 Å². The minimum Gasteiger partial charge on any atom is -0.480 e. The van der Waals surface area contributed by atoms with Gasteiger partial charge in [0, 0.05) is 5.56 Å². The first kappa shape index (κ1) is 26.9. The first-order chi connectivity index (χ1) is 16.7. The van der Waals surface area contributed by atoms with Crippen LogP contribution in [0.1, 0.15) is 22.3 Å². The Morgan fingerprint density at radius 1 is 1.14 bits per heavy atom. The molecule has 0 aromatic heterocycles. The topological polar surface area (TPSA) is 151 Å². The lowest BCUT2D eigenvalue weighted by Crippen LogP contribution is -2.64. The quantitative estimate of drug-likeness (QED) is 0.310. The maximum absolute atomic E-state index is 13.3. The molecule has 36 heavy (non-hydrogen) atoms. The van der Waals surface area contributed by atoms with Gasteiger partial charge in [-0.2, -0.15) is 13.2 Å². The van der Waals surface area contributed by atoms with E-state index in [1.54, 1.807) is 4.72 Å². The summed E-state index contributed by atoms with van der Waals surface area (Å²) < 4.78 is 84.5. The van der Waals surface area contributed by atoms with Crippen molar-refractivity contribution in [2.75, 3.05) is 18.4 Å². The Kier molecular flexibility index (Phi) is 7.27. The Hall–Kier alpha value is -3.72. The second kappa shape index (κ2) is 9.73. The van der Waals surface area contributed by atoms with E-state index in [1.807, 2.05) is 0 Å². The Morgan fingerprint density at radius 2 is 1.78 bits per heavy atom. The third kappa shape index (κ3) is 5.26. The molecule has 0 radical (unpaired) electrons. The number of sulfonamides is 1. The summed E-state index contributed by atoms with van der Waals surface area (Å²) in [6, 6.07) is 3.80. The number of methoxy groups -OCH3 is 1.